The minimum Gasteiger partial charge on any atom is -0.486 e. The van der Waals surface area contributed by atoms with Crippen molar-refractivity contribution in [1.82, 2.24) is 14.7 Å². The Morgan fingerprint density at radius 1 is 1.20 bits per heavy atom. The van der Waals surface area contributed by atoms with E-state index in [1.165, 1.54) is 10.7 Å². The molecule has 0 radical (unpaired) electrons. The van der Waals surface area contributed by atoms with E-state index in [0.29, 0.717) is 49.9 Å². The lowest BCUT2D eigenvalue weighted by molar-refractivity contribution is 0.0450. The van der Waals surface area contributed by atoms with Gasteiger partial charge in [0.2, 0.25) is 0 Å². The molecule has 0 unspecified atom stereocenters. The minimum atomic E-state index is -0.113. The summed E-state index contributed by atoms with van der Waals surface area (Å²) in [6, 6.07) is 8.59. The standard InChI is InChI=1S/C18H19N3O4/c1-12-5-6-16(22)21(19-12)11-13-9-20(10-13)18(23)14-3-2-4-15-17(14)25-8-7-24-15/h2-6,13H,7-11H2,1H3. The molecule has 25 heavy (non-hydrogen) atoms. The van der Waals surface area contributed by atoms with Crippen LogP contribution in [0.25, 0.3) is 0 Å². The second-order valence-electron chi connectivity index (χ2n) is 6.40. The molecular formula is C18H19N3O4. The number of benzene rings is 1. The summed E-state index contributed by atoms with van der Waals surface area (Å²) in [6.07, 6.45) is 0. The van der Waals surface area contributed by atoms with Crippen molar-refractivity contribution in [2.24, 2.45) is 5.92 Å². The first-order chi connectivity index (χ1) is 12.1. The van der Waals surface area contributed by atoms with E-state index in [4.69, 9.17) is 9.47 Å². The van der Waals surface area contributed by atoms with Crippen molar-refractivity contribution in [2.45, 2.75) is 13.5 Å². The zero-order valence-electron chi connectivity index (χ0n) is 14.0. The summed E-state index contributed by atoms with van der Waals surface area (Å²) >= 11 is 0. The van der Waals surface area contributed by atoms with Gasteiger partial charge in [0.25, 0.3) is 11.5 Å². The largest absolute Gasteiger partial charge is 0.486 e. The third kappa shape index (κ3) is 2.97. The van der Waals surface area contributed by atoms with E-state index in [2.05, 4.69) is 5.10 Å². The maximum atomic E-state index is 12.7. The number of hydrogen-bond acceptors (Lipinski definition) is 5. The van der Waals surface area contributed by atoms with Gasteiger partial charge in [-0.25, -0.2) is 4.68 Å². The molecule has 130 valence electrons. The van der Waals surface area contributed by atoms with Gasteiger partial charge < -0.3 is 14.4 Å². The maximum Gasteiger partial charge on any atom is 0.266 e. The number of carbonyl (C=O) groups excluding carboxylic acids is 1. The number of aryl methyl sites for hydroxylation is 1. The van der Waals surface area contributed by atoms with Crippen LogP contribution in [0, 0.1) is 12.8 Å². The molecule has 7 nitrogen and oxygen atoms in total. The first-order valence-corrected chi connectivity index (χ1v) is 8.34. The van der Waals surface area contributed by atoms with E-state index in [1.54, 1.807) is 29.2 Å². The molecular weight excluding hydrogens is 322 g/mol. The molecule has 7 heteroatoms. The van der Waals surface area contributed by atoms with E-state index < -0.39 is 0 Å². The quantitative estimate of drug-likeness (QED) is 0.836. The van der Waals surface area contributed by atoms with E-state index in [1.807, 2.05) is 6.92 Å². The van der Waals surface area contributed by atoms with Crippen molar-refractivity contribution in [3.05, 3.63) is 51.9 Å². The molecule has 0 atom stereocenters. The van der Waals surface area contributed by atoms with Crippen LogP contribution in [0.2, 0.25) is 0 Å². The number of likely N-dealkylation sites (tertiary alicyclic amines) is 1. The summed E-state index contributed by atoms with van der Waals surface area (Å²) in [5, 5.41) is 4.24. The van der Waals surface area contributed by atoms with Gasteiger partial charge in [0.05, 0.1) is 17.8 Å². The van der Waals surface area contributed by atoms with Crippen LogP contribution in [0.15, 0.2) is 35.1 Å². The number of nitrogens with zero attached hydrogens (tertiary/aromatic N) is 3. The Morgan fingerprint density at radius 2 is 2.00 bits per heavy atom. The van der Waals surface area contributed by atoms with Gasteiger partial charge in [-0.15, -0.1) is 0 Å². The molecule has 0 aliphatic carbocycles. The molecule has 1 aromatic heterocycles. The molecule has 1 amide bonds. The molecule has 2 aliphatic rings. The molecule has 1 aromatic carbocycles. The zero-order chi connectivity index (χ0) is 17.4. The van der Waals surface area contributed by atoms with Crippen LogP contribution in [0.4, 0.5) is 0 Å². The highest BCUT2D eigenvalue weighted by Gasteiger charge is 2.34. The molecule has 0 saturated carbocycles. The monoisotopic (exact) mass is 341 g/mol. The molecule has 1 fully saturated rings. The summed E-state index contributed by atoms with van der Waals surface area (Å²) < 4.78 is 12.6. The Morgan fingerprint density at radius 3 is 2.84 bits per heavy atom. The van der Waals surface area contributed by atoms with Gasteiger partial charge in [0.1, 0.15) is 13.2 Å². The number of aromatic nitrogens is 2. The van der Waals surface area contributed by atoms with Gasteiger partial charge in [-0.1, -0.05) is 6.07 Å². The topological polar surface area (TPSA) is 73.7 Å². The number of ether oxygens (including phenoxy) is 2. The zero-order valence-corrected chi connectivity index (χ0v) is 14.0. The van der Waals surface area contributed by atoms with Gasteiger partial charge in [0, 0.05) is 25.1 Å². The predicted octanol–water partition coefficient (Wildman–Crippen LogP) is 1.10. The van der Waals surface area contributed by atoms with Crippen molar-refractivity contribution in [2.75, 3.05) is 26.3 Å². The summed E-state index contributed by atoms with van der Waals surface area (Å²) in [5.41, 5.74) is 1.22. The normalized spacial score (nSPS) is 16.4. The van der Waals surface area contributed by atoms with E-state index in [0.717, 1.165) is 5.69 Å². The van der Waals surface area contributed by atoms with Crippen molar-refractivity contribution in [3.8, 4) is 11.5 Å². The molecule has 0 bridgehead atoms. The lowest BCUT2D eigenvalue weighted by Gasteiger charge is -2.39. The van der Waals surface area contributed by atoms with Crippen LogP contribution >= 0.6 is 0 Å². The minimum absolute atomic E-state index is 0.0665. The Bertz CT molecular complexity index is 871. The lowest BCUT2D eigenvalue weighted by atomic mass is 9.98. The van der Waals surface area contributed by atoms with Crippen LogP contribution in [0.3, 0.4) is 0 Å². The van der Waals surface area contributed by atoms with E-state index in [9.17, 15) is 9.59 Å². The average molecular weight is 341 g/mol. The van der Waals surface area contributed by atoms with Crippen molar-refractivity contribution >= 4 is 5.91 Å². The second-order valence-corrected chi connectivity index (χ2v) is 6.40. The molecule has 2 aliphatic heterocycles. The first-order valence-electron chi connectivity index (χ1n) is 8.34. The SMILES string of the molecule is Cc1ccc(=O)n(CC2CN(C(=O)c3cccc4c3OCCO4)C2)n1. The smallest absolute Gasteiger partial charge is 0.266 e. The average Bonchev–Trinajstić information content (AvgIpc) is 2.59. The second kappa shape index (κ2) is 6.23. The Balaban J connectivity index is 1.43. The van der Waals surface area contributed by atoms with E-state index in [-0.39, 0.29) is 17.4 Å². The fourth-order valence-corrected chi connectivity index (χ4v) is 3.19. The van der Waals surface area contributed by atoms with Crippen LogP contribution in [-0.4, -0.2) is 46.9 Å². The van der Waals surface area contributed by atoms with Gasteiger partial charge in [0.15, 0.2) is 11.5 Å². The molecule has 0 spiro atoms. The number of rotatable bonds is 3. The van der Waals surface area contributed by atoms with E-state index >= 15 is 0 Å². The summed E-state index contributed by atoms with van der Waals surface area (Å²) in [7, 11) is 0. The number of hydrogen-bond donors (Lipinski definition) is 0. The van der Waals surface area contributed by atoms with Crippen LogP contribution < -0.4 is 15.0 Å². The van der Waals surface area contributed by atoms with Gasteiger partial charge >= 0.3 is 0 Å². The lowest BCUT2D eigenvalue weighted by Crippen LogP contribution is -2.52. The van der Waals surface area contributed by atoms with Crippen LogP contribution in [-0.2, 0) is 6.54 Å². The third-order valence-corrected chi connectivity index (χ3v) is 4.47. The molecule has 2 aromatic rings. The van der Waals surface area contributed by atoms with Gasteiger partial charge in [-0.05, 0) is 25.1 Å². The Hall–Kier alpha value is -2.83. The third-order valence-electron chi connectivity index (χ3n) is 4.47. The van der Waals surface area contributed by atoms with Gasteiger partial charge in [-0.2, -0.15) is 5.10 Å². The Labute approximate surface area is 144 Å². The molecule has 4 rings (SSSR count). The van der Waals surface area contributed by atoms with Crippen LogP contribution in [0.5, 0.6) is 11.5 Å². The Kier molecular flexibility index (Phi) is 3.91. The summed E-state index contributed by atoms with van der Waals surface area (Å²) in [5.74, 6) is 1.30. The molecule has 0 N–H and O–H groups in total. The highest BCUT2D eigenvalue weighted by Crippen LogP contribution is 2.35. The first kappa shape index (κ1) is 15.7. The predicted molar refractivity (Wildman–Crippen MR) is 90.1 cm³/mol. The number of amides is 1. The molecule has 1 saturated heterocycles. The molecule has 3 heterocycles. The fraction of sp³-hybridized carbons (Fsp3) is 0.389. The van der Waals surface area contributed by atoms with Gasteiger partial charge in [-0.3, -0.25) is 9.59 Å². The number of fused-ring (bicyclic) bond motifs is 1. The van der Waals surface area contributed by atoms with Crippen molar-refractivity contribution in [1.29, 1.82) is 0 Å². The fourth-order valence-electron chi connectivity index (χ4n) is 3.19. The van der Waals surface area contributed by atoms with Crippen molar-refractivity contribution < 1.29 is 14.3 Å². The highest BCUT2D eigenvalue weighted by atomic mass is 16.6. The number of para-hydroxylation sites is 1. The summed E-state index contributed by atoms with van der Waals surface area (Å²) in [6.45, 7) is 4.53. The highest BCUT2D eigenvalue weighted by molar-refractivity contribution is 5.98. The van der Waals surface area contributed by atoms with Crippen LogP contribution in [0.1, 0.15) is 16.1 Å². The van der Waals surface area contributed by atoms with Crippen molar-refractivity contribution in [3.63, 3.8) is 0 Å². The maximum absolute atomic E-state index is 12.7. The summed E-state index contributed by atoms with van der Waals surface area (Å²) in [4.78, 5) is 26.3. The number of carbonyl (C=O) groups is 1.